The summed E-state index contributed by atoms with van der Waals surface area (Å²) < 4.78 is 0. The lowest BCUT2D eigenvalue weighted by Gasteiger charge is -2.20. The van der Waals surface area contributed by atoms with Crippen LogP contribution in [0.25, 0.3) is 0 Å². The third-order valence-electron chi connectivity index (χ3n) is 2.98. The molecular weight excluding hydrogens is 297 g/mol. The first kappa shape index (κ1) is 14.9. The Hall–Kier alpha value is -0.540. The summed E-state index contributed by atoms with van der Waals surface area (Å²) in [6.07, 6.45) is 1.08. The second-order valence-electron chi connectivity index (χ2n) is 4.52. The molecule has 4 heteroatoms. The van der Waals surface area contributed by atoms with Crippen molar-refractivity contribution in [2.45, 2.75) is 26.3 Å². The highest BCUT2D eigenvalue weighted by molar-refractivity contribution is 7.10. The Kier molecular flexibility index (Phi) is 5.28. The minimum Gasteiger partial charge on any atom is -0.306 e. The standard InChI is InChI=1S/C15H17Cl2NS/c1-3-7-18-15(11-8-10(2)19-9-11)12-5-4-6-13(16)14(12)17/h4-6,8-9,15,18H,3,7H2,1-2H3. The van der Waals surface area contributed by atoms with Gasteiger partial charge in [-0.3, -0.25) is 0 Å². The number of thiophene rings is 1. The normalized spacial score (nSPS) is 12.6. The summed E-state index contributed by atoms with van der Waals surface area (Å²) in [6.45, 7) is 5.22. The largest absolute Gasteiger partial charge is 0.306 e. The molecule has 0 bridgehead atoms. The summed E-state index contributed by atoms with van der Waals surface area (Å²) in [5, 5.41) is 6.97. The summed E-state index contributed by atoms with van der Waals surface area (Å²) in [5.74, 6) is 0. The second kappa shape index (κ2) is 6.76. The molecule has 2 aromatic rings. The molecule has 1 N–H and O–H groups in total. The Morgan fingerprint density at radius 3 is 2.74 bits per heavy atom. The van der Waals surface area contributed by atoms with E-state index in [1.165, 1.54) is 10.4 Å². The van der Waals surface area contributed by atoms with E-state index in [0.29, 0.717) is 10.0 Å². The maximum atomic E-state index is 6.36. The smallest absolute Gasteiger partial charge is 0.0643 e. The van der Waals surface area contributed by atoms with Crippen LogP contribution < -0.4 is 5.32 Å². The lowest BCUT2D eigenvalue weighted by atomic mass is 10.0. The van der Waals surface area contributed by atoms with Crippen molar-refractivity contribution in [2.75, 3.05) is 6.54 Å². The fourth-order valence-corrected chi connectivity index (χ4v) is 3.20. The third-order valence-corrected chi connectivity index (χ3v) is 4.69. The van der Waals surface area contributed by atoms with Gasteiger partial charge in [-0.25, -0.2) is 0 Å². The molecule has 0 aliphatic carbocycles. The first-order valence-corrected chi connectivity index (χ1v) is 7.99. The van der Waals surface area contributed by atoms with Gasteiger partial charge in [-0.2, -0.15) is 0 Å². The highest BCUT2D eigenvalue weighted by atomic mass is 35.5. The van der Waals surface area contributed by atoms with Gasteiger partial charge in [0.2, 0.25) is 0 Å². The molecule has 0 saturated carbocycles. The number of hydrogen-bond acceptors (Lipinski definition) is 2. The highest BCUT2D eigenvalue weighted by Gasteiger charge is 2.18. The third kappa shape index (κ3) is 3.51. The van der Waals surface area contributed by atoms with Crippen molar-refractivity contribution < 1.29 is 0 Å². The molecule has 1 heterocycles. The van der Waals surface area contributed by atoms with E-state index in [9.17, 15) is 0 Å². The Morgan fingerprint density at radius 2 is 2.11 bits per heavy atom. The van der Waals surface area contributed by atoms with E-state index < -0.39 is 0 Å². The van der Waals surface area contributed by atoms with Gasteiger partial charge in [-0.15, -0.1) is 11.3 Å². The molecule has 1 aromatic carbocycles. The highest BCUT2D eigenvalue weighted by Crippen LogP contribution is 2.34. The maximum Gasteiger partial charge on any atom is 0.0643 e. The SMILES string of the molecule is CCCNC(c1csc(C)c1)c1cccc(Cl)c1Cl. The van der Waals surface area contributed by atoms with Crippen LogP contribution in [0.2, 0.25) is 10.0 Å². The molecule has 0 aliphatic heterocycles. The van der Waals surface area contributed by atoms with Crippen molar-refractivity contribution in [1.82, 2.24) is 5.32 Å². The van der Waals surface area contributed by atoms with Crippen LogP contribution in [0.15, 0.2) is 29.6 Å². The number of aryl methyl sites for hydroxylation is 1. The molecule has 102 valence electrons. The molecule has 0 saturated heterocycles. The van der Waals surface area contributed by atoms with Crippen LogP contribution in [0, 0.1) is 6.92 Å². The first-order chi connectivity index (χ1) is 9.13. The number of benzene rings is 1. The van der Waals surface area contributed by atoms with Gasteiger partial charge in [0.05, 0.1) is 16.1 Å². The number of hydrogen-bond donors (Lipinski definition) is 1. The predicted octanol–water partition coefficient (Wildman–Crippen LogP) is 5.45. The molecular formula is C15H17Cl2NS. The van der Waals surface area contributed by atoms with Gasteiger partial charge in [0.1, 0.15) is 0 Å². The van der Waals surface area contributed by atoms with E-state index in [1.807, 2.05) is 18.2 Å². The topological polar surface area (TPSA) is 12.0 Å². The molecule has 1 atom stereocenters. The van der Waals surface area contributed by atoms with Crippen LogP contribution in [0.3, 0.4) is 0 Å². The van der Waals surface area contributed by atoms with Gasteiger partial charge >= 0.3 is 0 Å². The van der Waals surface area contributed by atoms with Crippen LogP contribution in [-0.4, -0.2) is 6.54 Å². The maximum absolute atomic E-state index is 6.36. The van der Waals surface area contributed by atoms with Crippen molar-refractivity contribution in [3.8, 4) is 0 Å². The number of halogens is 2. The molecule has 1 unspecified atom stereocenters. The predicted molar refractivity (Wildman–Crippen MR) is 85.7 cm³/mol. The molecule has 0 aliphatic rings. The van der Waals surface area contributed by atoms with Gasteiger partial charge in [0.25, 0.3) is 0 Å². The van der Waals surface area contributed by atoms with E-state index in [2.05, 4.69) is 30.6 Å². The van der Waals surface area contributed by atoms with Crippen LogP contribution in [0.1, 0.15) is 35.4 Å². The fourth-order valence-electron chi connectivity index (χ4n) is 2.05. The molecule has 0 radical (unpaired) electrons. The van der Waals surface area contributed by atoms with Crippen LogP contribution in [0.5, 0.6) is 0 Å². The molecule has 1 nitrogen and oxygen atoms in total. The van der Waals surface area contributed by atoms with Crippen LogP contribution in [0.4, 0.5) is 0 Å². The molecule has 0 amide bonds. The lowest BCUT2D eigenvalue weighted by Crippen LogP contribution is -2.23. The number of rotatable bonds is 5. The van der Waals surface area contributed by atoms with Crippen molar-refractivity contribution in [2.24, 2.45) is 0 Å². The van der Waals surface area contributed by atoms with Crippen molar-refractivity contribution in [3.63, 3.8) is 0 Å². The molecule has 1 aromatic heterocycles. The molecule has 0 spiro atoms. The monoisotopic (exact) mass is 313 g/mol. The van der Waals surface area contributed by atoms with E-state index in [4.69, 9.17) is 23.2 Å². The Bertz CT molecular complexity index is 551. The summed E-state index contributed by atoms with van der Waals surface area (Å²) >= 11 is 14.2. The summed E-state index contributed by atoms with van der Waals surface area (Å²) in [7, 11) is 0. The summed E-state index contributed by atoms with van der Waals surface area (Å²) in [4.78, 5) is 1.30. The first-order valence-electron chi connectivity index (χ1n) is 6.35. The van der Waals surface area contributed by atoms with E-state index in [0.717, 1.165) is 18.5 Å². The number of nitrogens with one attached hydrogen (secondary N) is 1. The van der Waals surface area contributed by atoms with Crippen molar-refractivity contribution in [1.29, 1.82) is 0 Å². The fraction of sp³-hybridized carbons (Fsp3) is 0.333. The van der Waals surface area contributed by atoms with E-state index in [1.54, 1.807) is 11.3 Å². The zero-order chi connectivity index (χ0) is 13.8. The van der Waals surface area contributed by atoms with Crippen molar-refractivity contribution >= 4 is 34.5 Å². The van der Waals surface area contributed by atoms with Crippen LogP contribution in [-0.2, 0) is 0 Å². The van der Waals surface area contributed by atoms with Crippen LogP contribution >= 0.6 is 34.5 Å². The zero-order valence-corrected chi connectivity index (χ0v) is 13.4. The van der Waals surface area contributed by atoms with E-state index >= 15 is 0 Å². The van der Waals surface area contributed by atoms with Gasteiger partial charge < -0.3 is 5.32 Å². The Morgan fingerprint density at radius 1 is 1.32 bits per heavy atom. The molecule has 2 rings (SSSR count). The van der Waals surface area contributed by atoms with Gasteiger partial charge in [0, 0.05) is 4.88 Å². The van der Waals surface area contributed by atoms with Gasteiger partial charge in [0.15, 0.2) is 0 Å². The average molecular weight is 314 g/mol. The van der Waals surface area contributed by atoms with Gasteiger partial charge in [-0.05, 0) is 48.5 Å². The Balaban J connectivity index is 2.39. The molecule has 19 heavy (non-hydrogen) atoms. The van der Waals surface area contributed by atoms with E-state index in [-0.39, 0.29) is 6.04 Å². The van der Waals surface area contributed by atoms with Crippen molar-refractivity contribution in [3.05, 3.63) is 55.7 Å². The minimum absolute atomic E-state index is 0.107. The summed E-state index contributed by atoms with van der Waals surface area (Å²) in [6, 6.07) is 8.12. The lowest BCUT2D eigenvalue weighted by molar-refractivity contribution is 0.600. The second-order valence-corrected chi connectivity index (χ2v) is 6.42. The average Bonchev–Trinajstić information content (AvgIpc) is 2.81. The quantitative estimate of drug-likeness (QED) is 0.773. The summed E-state index contributed by atoms with van der Waals surface area (Å²) in [5.41, 5.74) is 2.29. The van der Waals surface area contributed by atoms with Gasteiger partial charge in [-0.1, -0.05) is 42.3 Å². The molecule has 0 fully saturated rings. The minimum atomic E-state index is 0.107. The Labute approximate surface area is 128 Å². The zero-order valence-electron chi connectivity index (χ0n) is 11.0.